The molecule has 0 spiro atoms. The number of nitrogens with one attached hydrogen (secondary N) is 1. The summed E-state index contributed by atoms with van der Waals surface area (Å²) in [6, 6.07) is 4.18. The lowest BCUT2D eigenvalue weighted by Crippen LogP contribution is -2.38. The van der Waals surface area contributed by atoms with E-state index in [1.807, 2.05) is 0 Å². The Morgan fingerprint density at radius 3 is 2.68 bits per heavy atom. The fourth-order valence-corrected chi connectivity index (χ4v) is 3.06. The summed E-state index contributed by atoms with van der Waals surface area (Å²) >= 11 is 5.86. The lowest BCUT2D eigenvalue weighted by molar-refractivity contribution is -0.121. The largest absolute Gasteiger partial charge is 0.399 e. The molecule has 0 aliphatic rings. The first kappa shape index (κ1) is 15.7. The molecule has 1 aromatic rings. The Labute approximate surface area is 117 Å². The molecule has 3 N–H and O–H groups in total. The smallest absolute Gasteiger partial charge is 0.244 e. The number of carbonyl (C=O) groups is 1. The van der Waals surface area contributed by atoms with Crippen LogP contribution in [0.15, 0.2) is 23.1 Å². The summed E-state index contributed by atoms with van der Waals surface area (Å²) in [5, 5.41) is 2.59. The molecule has 0 atom stereocenters. The van der Waals surface area contributed by atoms with Crippen molar-refractivity contribution >= 4 is 33.2 Å². The van der Waals surface area contributed by atoms with Crippen LogP contribution in [0.4, 0.5) is 5.69 Å². The molecule has 8 heteroatoms. The van der Waals surface area contributed by atoms with Gasteiger partial charge in [-0.15, -0.1) is 0 Å². The highest BCUT2D eigenvalue weighted by Gasteiger charge is 2.25. The van der Waals surface area contributed by atoms with Gasteiger partial charge in [0.25, 0.3) is 0 Å². The van der Waals surface area contributed by atoms with Crippen LogP contribution in [0.25, 0.3) is 0 Å². The molecule has 0 unspecified atom stereocenters. The van der Waals surface area contributed by atoms with E-state index in [1.54, 1.807) is 6.92 Å². The molecule has 0 bridgehead atoms. The Bertz CT molecular complexity index is 575. The summed E-state index contributed by atoms with van der Waals surface area (Å²) in [5.74, 6) is -0.381. The monoisotopic (exact) mass is 305 g/mol. The molecule has 1 rings (SSSR count). The Morgan fingerprint density at radius 1 is 1.47 bits per heavy atom. The maximum Gasteiger partial charge on any atom is 0.244 e. The maximum absolute atomic E-state index is 12.3. The van der Waals surface area contributed by atoms with Crippen LogP contribution < -0.4 is 11.1 Å². The SMILES string of the molecule is CCNC(=O)CN(C)S(=O)(=O)c1cc(N)ccc1Cl. The van der Waals surface area contributed by atoms with Crippen molar-refractivity contribution < 1.29 is 13.2 Å². The highest BCUT2D eigenvalue weighted by Crippen LogP contribution is 2.25. The lowest BCUT2D eigenvalue weighted by atomic mass is 10.3. The molecule has 0 radical (unpaired) electrons. The number of rotatable bonds is 5. The number of hydrogen-bond acceptors (Lipinski definition) is 4. The topological polar surface area (TPSA) is 92.5 Å². The number of carbonyl (C=O) groups excluding carboxylic acids is 1. The highest BCUT2D eigenvalue weighted by atomic mass is 35.5. The van der Waals surface area contributed by atoms with Crippen LogP contribution in [-0.4, -0.2) is 38.8 Å². The van der Waals surface area contributed by atoms with Gasteiger partial charge in [-0.05, 0) is 25.1 Å². The molecule has 1 amide bonds. The fraction of sp³-hybridized carbons (Fsp3) is 0.364. The van der Waals surface area contributed by atoms with Gasteiger partial charge < -0.3 is 11.1 Å². The van der Waals surface area contributed by atoms with Crippen molar-refractivity contribution in [3.63, 3.8) is 0 Å². The minimum absolute atomic E-state index is 0.0666. The Morgan fingerprint density at radius 2 is 2.11 bits per heavy atom. The third-order valence-corrected chi connectivity index (χ3v) is 4.67. The molecular weight excluding hydrogens is 290 g/mol. The number of nitrogens with zero attached hydrogens (tertiary/aromatic N) is 1. The molecule has 106 valence electrons. The minimum atomic E-state index is -3.84. The molecule has 19 heavy (non-hydrogen) atoms. The zero-order chi connectivity index (χ0) is 14.6. The van der Waals surface area contributed by atoms with Crippen molar-refractivity contribution in [3.8, 4) is 0 Å². The van der Waals surface area contributed by atoms with E-state index in [2.05, 4.69) is 5.32 Å². The molecule has 6 nitrogen and oxygen atoms in total. The number of nitrogens with two attached hydrogens (primary N) is 1. The number of nitrogen functional groups attached to an aromatic ring is 1. The Kier molecular flexibility index (Phi) is 5.16. The predicted octanol–water partition coefficient (Wildman–Crippen LogP) is 0.679. The first-order valence-corrected chi connectivity index (χ1v) is 7.39. The van der Waals surface area contributed by atoms with Crippen LogP contribution in [0.3, 0.4) is 0 Å². The van der Waals surface area contributed by atoms with Crippen LogP contribution in [0.5, 0.6) is 0 Å². The van der Waals surface area contributed by atoms with Gasteiger partial charge in [0.1, 0.15) is 4.90 Å². The van der Waals surface area contributed by atoms with Gasteiger partial charge in [0.15, 0.2) is 0 Å². The van der Waals surface area contributed by atoms with Crippen molar-refractivity contribution in [2.75, 3.05) is 25.9 Å². The normalized spacial score (nSPS) is 11.6. The first-order chi connectivity index (χ1) is 8.78. The molecule has 0 saturated carbocycles. The van der Waals surface area contributed by atoms with Gasteiger partial charge in [0.2, 0.25) is 15.9 Å². The number of anilines is 1. The Balaban J connectivity index is 3.03. The average Bonchev–Trinajstić information content (AvgIpc) is 2.32. The van der Waals surface area contributed by atoms with Crippen LogP contribution in [0.1, 0.15) is 6.92 Å². The molecule has 0 aliphatic heterocycles. The minimum Gasteiger partial charge on any atom is -0.399 e. The van der Waals surface area contributed by atoms with E-state index in [-0.39, 0.29) is 28.1 Å². The van der Waals surface area contributed by atoms with Gasteiger partial charge in [-0.2, -0.15) is 4.31 Å². The summed E-state index contributed by atoms with van der Waals surface area (Å²) in [4.78, 5) is 11.3. The van der Waals surface area contributed by atoms with Crippen molar-refractivity contribution in [1.29, 1.82) is 0 Å². The van der Waals surface area contributed by atoms with E-state index in [0.717, 1.165) is 4.31 Å². The average molecular weight is 306 g/mol. The van der Waals surface area contributed by atoms with E-state index < -0.39 is 10.0 Å². The van der Waals surface area contributed by atoms with Crippen LogP contribution >= 0.6 is 11.6 Å². The third kappa shape index (κ3) is 3.82. The second-order valence-electron chi connectivity index (χ2n) is 3.90. The number of amides is 1. The molecule has 0 aliphatic carbocycles. The predicted molar refractivity (Wildman–Crippen MR) is 74.4 cm³/mol. The number of benzene rings is 1. The molecule has 0 saturated heterocycles. The molecular formula is C11H16ClN3O3S. The standard InChI is InChI=1S/C11H16ClN3O3S/c1-3-14-11(16)7-15(2)19(17,18)10-6-8(13)4-5-9(10)12/h4-6H,3,7,13H2,1-2H3,(H,14,16). The van der Waals surface area contributed by atoms with Crippen LogP contribution in [-0.2, 0) is 14.8 Å². The van der Waals surface area contributed by atoms with Gasteiger partial charge in [0.05, 0.1) is 11.6 Å². The van der Waals surface area contributed by atoms with Gasteiger partial charge in [-0.3, -0.25) is 4.79 Å². The molecule has 0 fully saturated rings. The van der Waals surface area contributed by atoms with Crippen LogP contribution in [0.2, 0.25) is 5.02 Å². The van der Waals surface area contributed by atoms with E-state index >= 15 is 0 Å². The highest BCUT2D eigenvalue weighted by molar-refractivity contribution is 7.89. The van der Waals surface area contributed by atoms with Crippen molar-refractivity contribution in [2.45, 2.75) is 11.8 Å². The van der Waals surface area contributed by atoms with E-state index in [9.17, 15) is 13.2 Å². The van der Waals surface area contributed by atoms with E-state index in [4.69, 9.17) is 17.3 Å². The second kappa shape index (κ2) is 6.23. The van der Waals surface area contributed by atoms with Crippen molar-refractivity contribution in [2.24, 2.45) is 0 Å². The van der Waals surface area contributed by atoms with Gasteiger partial charge in [-0.25, -0.2) is 8.42 Å². The summed E-state index contributed by atoms with van der Waals surface area (Å²) in [6.45, 7) is 1.91. The zero-order valence-corrected chi connectivity index (χ0v) is 12.3. The quantitative estimate of drug-likeness (QED) is 0.782. The van der Waals surface area contributed by atoms with E-state index in [0.29, 0.717) is 6.54 Å². The molecule has 0 heterocycles. The fourth-order valence-electron chi connectivity index (χ4n) is 1.43. The zero-order valence-electron chi connectivity index (χ0n) is 10.7. The summed E-state index contributed by atoms with van der Waals surface area (Å²) in [7, 11) is -2.54. The number of likely N-dealkylation sites (N-methyl/N-ethyl adjacent to an activating group) is 2. The molecule has 0 aromatic heterocycles. The number of sulfonamides is 1. The van der Waals surface area contributed by atoms with Crippen molar-refractivity contribution in [1.82, 2.24) is 9.62 Å². The molecule has 1 aromatic carbocycles. The summed E-state index contributed by atoms with van der Waals surface area (Å²) in [6.07, 6.45) is 0. The summed E-state index contributed by atoms with van der Waals surface area (Å²) < 4.78 is 25.4. The number of halogens is 1. The van der Waals surface area contributed by atoms with Gasteiger partial charge >= 0.3 is 0 Å². The Hall–Kier alpha value is -1.31. The van der Waals surface area contributed by atoms with Crippen LogP contribution in [0, 0.1) is 0 Å². The van der Waals surface area contributed by atoms with E-state index in [1.165, 1.54) is 25.2 Å². The maximum atomic E-state index is 12.3. The van der Waals surface area contributed by atoms with Gasteiger partial charge in [-0.1, -0.05) is 11.6 Å². The summed E-state index contributed by atoms with van der Waals surface area (Å²) in [5.41, 5.74) is 5.84. The lowest BCUT2D eigenvalue weighted by Gasteiger charge is -2.17. The van der Waals surface area contributed by atoms with Gasteiger partial charge in [0, 0.05) is 19.3 Å². The number of hydrogen-bond donors (Lipinski definition) is 2. The van der Waals surface area contributed by atoms with Crippen molar-refractivity contribution in [3.05, 3.63) is 23.2 Å². The second-order valence-corrected chi connectivity index (χ2v) is 6.32. The first-order valence-electron chi connectivity index (χ1n) is 5.57. The third-order valence-electron chi connectivity index (χ3n) is 2.38.